The quantitative estimate of drug-likeness (QED) is 0.664. The maximum absolute atomic E-state index is 12.1. The molecule has 0 unspecified atom stereocenters. The first-order valence-electron chi connectivity index (χ1n) is 6.24. The molecule has 0 aliphatic carbocycles. The zero-order chi connectivity index (χ0) is 13.3. The van der Waals surface area contributed by atoms with Gasteiger partial charge in [0.15, 0.2) is 6.73 Å². The molecule has 0 spiro atoms. The van der Waals surface area contributed by atoms with Crippen molar-refractivity contribution in [3.05, 3.63) is 0 Å². The van der Waals surface area contributed by atoms with E-state index in [9.17, 15) is 14.4 Å². The monoisotopic (exact) mass is 254 g/mol. The van der Waals surface area contributed by atoms with Crippen LogP contribution in [0.4, 0.5) is 0 Å². The van der Waals surface area contributed by atoms with Crippen molar-refractivity contribution in [2.75, 3.05) is 19.8 Å². The summed E-state index contributed by atoms with van der Waals surface area (Å²) in [5.41, 5.74) is 0. The first kappa shape index (κ1) is 12.9. The molecule has 0 N–H and O–H groups in total. The Balaban J connectivity index is 2.00. The van der Waals surface area contributed by atoms with Crippen LogP contribution in [0.2, 0.25) is 0 Å². The minimum atomic E-state index is -0.518. The lowest BCUT2D eigenvalue weighted by Crippen LogP contribution is -2.46. The van der Waals surface area contributed by atoms with Crippen molar-refractivity contribution in [2.45, 2.75) is 32.7 Å². The van der Waals surface area contributed by atoms with Crippen molar-refractivity contribution >= 4 is 17.8 Å². The number of amides is 2. The van der Waals surface area contributed by atoms with Gasteiger partial charge in [-0.3, -0.25) is 14.5 Å². The fourth-order valence-electron chi connectivity index (χ4n) is 2.41. The summed E-state index contributed by atoms with van der Waals surface area (Å²) in [5.74, 6) is -0.546. The highest BCUT2D eigenvalue weighted by Gasteiger charge is 2.40. The Bertz CT molecular complexity index is 380. The molecule has 6 nitrogen and oxygen atoms in total. The smallest absolute Gasteiger partial charge is 0.330 e. The second kappa shape index (κ2) is 4.96. The van der Waals surface area contributed by atoms with Crippen LogP contribution in [0.25, 0.3) is 0 Å². The molecule has 2 aliphatic rings. The second-order valence-electron chi connectivity index (χ2n) is 5.06. The number of esters is 1. The van der Waals surface area contributed by atoms with Gasteiger partial charge in [0, 0.05) is 13.0 Å². The van der Waals surface area contributed by atoms with Gasteiger partial charge in [0.05, 0.1) is 6.54 Å². The van der Waals surface area contributed by atoms with E-state index < -0.39 is 6.04 Å². The van der Waals surface area contributed by atoms with Crippen molar-refractivity contribution < 1.29 is 19.1 Å². The van der Waals surface area contributed by atoms with Crippen LogP contribution in [0, 0.1) is 5.92 Å². The van der Waals surface area contributed by atoms with E-state index in [-0.39, 0.29) is 37.0 Å². The molecule has 0 radical (unpaired) electrons. The standard InChI is InChI=1S/C12H18N2O4/c1-8(2)11-12(17)18-7-14(11)10(16)6-13-5-3-4-9(13)15/h8,11H,3-7H2,1-2H3/t11-/m0/s1. The number of carbonyl (C=O) groups is 3. The first-order chi connectivity index (χ1) is 8.50. The second-order valence-corrected chi connectivity index (χ2v) is 5.06. The van der Waals surface area contributed by atoms with Crippen molar-refractivity contribution in [3.8, 4) is 0 Å². The maximum atomic E-state index is 12.1. The van der Waals surface area contributed by atoms with Gasteiger partial charge >= 0.3 is 5.97 Å². The van der Waals surface area contributed by atoms with Crippen molar-refractivity contribution in [2.24, 2.45) is 5.92 Å². The van der Waals surface area contributed by atoms with Crippen LogP contribution in [0.3, 0.4) is 0 Å². The Morgan fingerprint density at radius 2 is 2.17 bits per heavy atom. The van der Waals surface area contributed by atoms with Crippen LogP contribution in [-0.4, -0.2) is 53.4 Å². The maximum Gasteiger partial charge on any atom is 0.330 e. The van der Waals surface area contributed by atoms with E-state index in [1.165, 1.54) is 4.90 Å². The Hall–Kier alpha value is -1.59. The van der Waals surface area contributed by atoms with Crippen molar-refractivity contribution in [1.82, 2.24) is 9.80 Å². The topological polar surface area (TPSA) is 66.9 Å². The van der Waals surface area contributed by atoms with E-state index >= 15 is 0 Å². The van der Waals surface area contributed by atoms with Crippen LogP contribution in [0.15, 0.2) is 0 Å². The summed E-state index contributed by atoms with van der Waals surface area (Å²) in [4.78, 5) is 38.1. The van der Waals surface area contributed by atoms with E-state index in [0.717, 1.165) is 6.42 Å². The van der Waals surface area contributed by atoms with E-state index in [1.807, 2.05) is 13.8 Å². The highest BCUT2D eigenvalue weighted by atomic mass is 16.6. The van der Waals surface area contributed by atoms with Gasteiger partial charge in [-0.25, -0.2) is 4.79 Å². The lowest BCUT2D eigenvalue weighted by molar-refractivity contribution is -0.141. The normalized spacial score (nSPS) is 24.1. The number of carbonyl (C=O) groups excluding carboxylic acids is 3. The molecule has 18 heavy (non-hydrogen) atoms. The van der Waals surface area contributed by atoms with Gasteiger partial charge in [0.1, 0.15) is 6.04 Å². The first-order valence-corrected chi connectivity index (χ1v) is 6.24. The highest BCUT2D eigenvalue weighted by Crippen LogP contribution is 2.20. The van der Waals surface area contributed by atoms with E-state index in [2.05, 4.69) is 0 Å². The van der Waals surface area contributed by atoms with Crippen LogP contribution in [-0.2, 0) is 19.1 Å². The number of cyclic esters (lactones) is 1. The molecule has 2 amide bonds. The number of rotatable bonds is 3. The zero-order valence-corrected chi connectivity index (χ0v) is 10.7. The molecule has 2 fully saturated rings. The summed E-state index contributed by atoms with van der Waals surface area (Å²) >= 11 is 0. The van der Waals surface area contributed by atoms with Gasteiger partial charge in [0.25, 0.3) is 0 Å². The van der Waals surface area contributed by atoms with Gasteiger partial charge in [-0.2, -0.15) is 0 Å². The molecule has 2 heterocycles. The van der Waals surface area contributed by atoms with Gasteiger partial charge in [0.2, 0.25) is 11.8 Å². The number of ether oxygens (including phenoxy) is 1. The summed E-state index contributed by atoms with van der Waals surface area (Å²) in [5, 5.41) is 0. The molecule has 100 valence electrons. The summed E-state index contributed by atoms with van der Waals surface area (Å²) < 4.78 is 4.91. The van der Waals surface area contributed by atoms with Gasteiger partial charge in [-0.1, -0.05) is 13.8 Å². The molecule has 6 heteroatoms. The average Bonchev–Trinajstić information content (AvgIpc) is 2.86. The lowest BCUT2D eigenvalue weighted by atomic mass is 10.0. The Kier molecular flexibility index (Phi) is 3.54. The third-order valence-electron chi connectivity index (χ3n) is 3.37. The van der Waals surface area contributed by atoms with Crippen LogP contribution >= 0.6 is 0 Å². The largest absolute Gasteiger partial charge is 0.443 e. The van der Waals surface area contributed by atoms with E-state index in [0.29, 0.717) is 13.0 Å². The molecule has 0 aromatic rings. The number of likely N-dealkylation sites (tertiary alicyclic amines) is 1. The molecular weight excluding hydrogens is 236 g/mol. The SMILES string of the molecule is CC(C)[C@H]1C(=O)OCN1C(=O)CN1CCCC1=O. The number of nitrogens with zero attached hydrogens (tertiary/aromatic N) is 2. The van der Waals surface area contributed by atoms with E-state index in [4.69, 9.17) is 4.74 Å². The summed E-state index contributed by atoms with van der Waals surface area (Å²) in [7, 11) is 0. The molecule has 1 atom stereocenters. The molecule has 0 bridgehead atoms. The number of hydrogen-bond acceptors (Lipinski definition) is 4. The lowest BCUT2D eigenvalue weighted by Gasteiger charge is -2.25. The predicted molar refractivity (Wildman–Crippen MR) is 62.2 cm³/mol. The summed E-state index contributed by atoms with van der Waals surface area (Å²) in [6.45, 7) is 4.43. The number of hydrogen-bond donors (Lipinski definition) is 0. The minimum Gasteiger partial charge on any atom is -0.443 e. The highest BCUT2D eigenvalue weighted by molar-refractivity contribution is 5.90. The van der Waals surface area contributed by atoms with Crippen molar-refractivity contribution in [3.63, 3.8) is 0 Å². The van der Waals surface area contributed by atoms with Gasteiger partial charge in [-0.15, -0.1) is 0 Å². The molecular formula is C12H18N2O4. The van der Waals surface area contributed by atoms with Crippen molar-refractivity contribution in [1.29, 1.82) is 0 Å². The van der Waals surface area contributed by atoms with Crippen LogP contribution in [0.1, 0.15) is 26.7 Å². The fraction of sp³-hybridized carbons (Fsp3) is 0.750. The Morgan fingerprint density at radius 1 is 1.44 bits per heavy atom. The van der Waals surface area contributed by atoms with Gasteiger partial charge < -0.3 is 9.64 Å². The molecule has 0 aromatic heterocycles. The summed E-state index contributed by atoms with van der Waals surface area (Å²) in [6, 6.07) is -0.518. The van der Waals surface area contributed by atoms with Crippen LogP contribution in [0.5, 0.6) is 0 Å². The Morgan fingerprint density at radius 3 is 2.72 bits per heavy atom. The minimum absolute atomic E-state index is 0.00252. The molecule has 2 rings (SSSR count). The van der Waals surface area contributed by atoms with Crippen LogP contribution < -0.4 is 0 Å². The van der Waals surface area contributed by atoms with E-state index in [1.54, 1.807) is 4.90 Å². The summed E-state index contributed by atoms with van der Waals surface area (Å²) in [6.07, 6.45) is 1.31. The molecule has 2 saturated heterocycles. The zero-order valence-electron chi connectivity index (χ0n) is 10.7. The molecule has 0 saturated carbocycles. The molecule has 2 aliphatic heterocycles. The predicted octanol–water partition coefficient (Wildman–Crippen LogP) is -0.0237. The third kappa shape index (κ3) is 2.32. The van der Waals surface area contributed by atoms with Gasteiger partial charge in [-0.05, 0) is 12.3 Å². The molecule has 0 aromatic carbocycles. The average molecular weight is 254 g/mol. The fourth-order valence-corrected chi connectivity index (χ4v) is 2.41. The third-order valence-corrected chi connectivity index (χ3v) is 3.37. The Labute approximate surface area is 106 Å².